The van der Waals surface area contributed by atoms with Gasteiger partial charge in [-0.3, -0.25) is 9.59 Å². The Morgan fingerprint density at radius 1 is 1.24 bits per heavy atom. The second-order valence-electron chi connectivity index (χ2n) is 4.34. The minimum Gasteiger partial charge on any atom is -0.374 e. The molecule has 0 heterocycles. The van der Waals surface area contributed by atoms with Crippen LogP contribution in [0.1, 0.15) is 40.5 Å². The topological polar surface area (TPSA) is 54.4 Å². The Kier molecular flexibility index (Phi) is 2.71. The van der Waals surface area contributed by atoms with E-state index in [9.17, 15) is 14.7 Å². The minimum absolute atomic E-state index is 0.00977. The van der Waals surface area contributed by atoms with Gasteiger partial charge in [-0.1, -0.05) is 43.3 Å². The van der Waals surface area contributed by atoms with Crippen molar-refractivity contribution >= 4 is 11.6 Å². The molecule has 0 aliphatic heterocycles. The van der Waals surface area contributed by atoms with Crippen LogP contribution < -0.4 is 0 Å². The lowest BCUT2D eigenvalue weighted by Crippen LogP contribution is -2.41. The molecule has 0 saturated heterocycles. The summed E-state index contributed by atoms with van der Waals surface area (Å²) < 4.78 is 0. The second kappa shape index (κ2) is 3.93. The summed E-state index contributed by atoms with van der Waals surface area (Å²) in [6, 6.07) is 6.51. The van der Waals surface area contributed by atoms with Crippen molar-refractivity contribution in [3.05, 3.63) is 47.5 Å². The molecule has 17 heavy (non-hydrogen) atoms. The van der Waals surface area contributed by atoms with Crippen molar-refractivity contribution in [2.75, 3.05) is 0 Å². The van der Waals surface area contributed by atoms with E-state index in [1.54, 1.807) is 24.3 Å². The third-order valence-electron chi connectivity index (χ3n) is 3.17. The lowest BCUT2D eigenvalue weighted by molar-refractivity contribution is 0.0333. The number of aliphatic hydroxyl groups is 1. The van der Waals surface area contributed by atoms with E-state index in [-0.39, 0.29) is 6.42 Å². The van der Waals surface area contributed by atoms with Gasteiger partial charge in [0.25, 0.3) is 0 Å². The molecule has 0 radical (unpaired) electrons. The first kappa shape index (κ1) is 11.7. The van der Waals surface area contributed by atoms with Gasteiger partial charge >= 0.3 is 0 Å². The molecule has 0 saturated carbocycles. The monoisotopic (exact) mass is 230 g/mol. The molecule has 3 heteroatoms. The van der Waals surface area contributed by atoms with Gasteiger partial charge in [-0.15, -0.1) is 0 Å². The Labute approximate surface area is 99.8 Å². The highest BCUT2D eigenvalue weighted by atomic mass is 16.3. The summed E-state index contributed by atoms with van der Waals surface area (Å²) in [5.41, 5.74) is -0.619. The number of hydrogen-bond donors (Lipinski definition) is 1. The molecule has 2 rings (SSSR count). The third-order valence-corrected chi connectivity index (χ3v) is 3.17. The molecule has 1 aliphatic carbocycles. The van der Waals surface area contributed by atoms with Crippen molar-refractivity contribution in [1.29, 1.82) is 0 Å². The zero-order valence-electron chi connectivity index (χ0n) is 9.69. The number of carbonyl (C=O) groups excluding carboxylic acids is 2. The van der Waals surface area contributed by atoms with Gasteiger partial charge in [0.05, 0.1) is 0 Å². The Morgan fingerprint density at radius 3 is 2.12 bits per heavy atom. The predicted octanol–water partition coefficient (Wildman–Crippen LogP) is 2.15. The first-order chi connectivity index (χ1) is 8.00. The molecule has 0 unspecified atom stereocenters. The summed E-state index contributed by atoms with van der Waals surface area (Å²) in [7, 11) is 0. The normalized spacial score (nSPS) is 17.1. The molecule has 1 aromatic rings. The van der Waals surface area contributed by atoms with E-state index in [4.69, 9.17) is 0 Å². The van der Waals surface area contributed by atoms with Crippen LogP contribution >= 0.6 is 0 Å². The Balaban J connectivity index is 2.45. The highest BCUT2D eigenvalue weighted by Gasteiger charge is 2.51. The third kappa shape index (κ3) is 1.63. The summed E-state index contributed by atoms with van der Waals surface area (Å²) in [5.74, 6) is -1.01. The van der Waals surface area contributed by atoms with Crippen LogP contribution in [0.4, 0.5) is 0 Å². The zero-order valence-corrected chi connectivity index (χ0v) is 9.69. The molecule has 3 nitrogen and oxygen atoms in total. The van der Waals surface area contributed by atoms with Gasteiger partial charge in [-0.05, 0) is 6.42 Å². The smallest absolute Gasteiger partial charge is 0.203 e. The standard InChI is InChI=1S/C14H14O3/c1-3-9(2)8-14(17)12(15)10-6-4-5-7-11(10)13(14)16/h4-7,17H,2-3,8H2,1H3. The van der Waals surface area contributed by atoms with Crippen LogP contribution in [0.25, 0.3) is 0 Å². The number of Topliss-reactive ketones (excluding diaryl/α,β-unsaturated/α-hetero) is 2. The van der Waals surface area contributed by atoms with E-state index >= 15 is 0 Å². The Morgan fingerprint density at radius 2 is 1.71 bits per heavy atom. The van der Waals surface area contributed by atoms with Crippen LogP contribution in [0.3, 0.4) is 0 Å². The fourth-order valence-corrected chi connectivity index (χ4v) is 2.08. The van der Waals surface area contributed by atoms with Crippen LogP contribution in [0.2, 0.25) is 0 Å². The van der Waals surface area contributed by atoms with E-state index in [1.165, 1.54) is 0 Å². The molecular formula is C14H14O3. The van der Waals surface area contributed by atoms with E-state index in [0.29, 0.717) is 23.1 Å². The van der Waals surface area contributed by atoms with Crippen LogP contribution in [-0.4, -0.2) is 22.3 Å². The van der Waals surface area contributed by atoms with Crippen molar-refractivity contribution in [2.45, 2.75) is 25.4 Å². The molecule has 1 N–H and O–H groups in total. The summed E-state index contributed by atoms with van der Waals surface area (Å²) in [6.45, 7) is 5.63. The van der Waals surface area contributed by atoms with E-state index in [1.807, 2.05) is 6.92 Å². The van der Waals surface area contributed by atoms with Crippen LogP contribution in [0, 0.1) is 0 Å². The molecule has 0 bridgehead atoms. The lowest BCUT2D eigenvalue weighted by atomic mass is 9.89. The largest absolute Gasteiger partial charge is 0.374 e. The van der Waals surface area contributed by atoms with Crippen molar-refractivity contribution < 1.29 is 14.7 Å². The van der Waals surface area contributed by atoms with Gasteiger partial charge in [0, 0.05) is 17.5 Å². The molecule has 0 amide bonds. The first-order valence-electron chi connectivity index (χ1n) is 5.58. The van der Waals surface area contributed by atoms with Crippen LogP contribution in [0.5, 0.6) is 0 Å². The second-order valence-corrected chi connectivity index (χ2v) is 4.34. The molecule has 0 spiro atoms. The van der Waals surface area contributed by atoms with Crippen molar-refractivity contribution in [3.63, 3.8) is 0 Å². The number of rotatable bonds is 3. The van der Waals surface area contributed by atoms with Gasteiger partial charge < -0.3 is 5.11 Å². The average molecular weight is 230 g/mol. The summed E-state index contributed by atoms with van der Waals surface area (Å²) in [6.07, 6.45) is 0.648. The minimum atomic E-state index is -1.93. The van der Waals surface area contributed by atoms with Crippen LogP contribution in [-0.2, 0) is 0 Å². The predicted molar refractivity (Wildman–Crippen MR) is 64.1 cm³/mol. The van der Waals surface area contributed by atoms with E-state index in [2.05, 4.69) is 6.58 Å². The first-order valence-corrected chi connectivity index (χ1v) is 5.58. The van der Waals surface area contributed by atoms with Crippen molar-refractivity contribution in [3.8, 4) is 0 Å². The van der Waals surface area contributed by atoms with Gasteiger partial charge in [0.15, 0.2) is 5.60 Å². The van der Waals surface area contributed by atoms with Gasteiger partial charge in [0.2, 0.25) is 11.6 Å². The summed E-state index contributed by atoms with van der Waals surface area (Å²) in [4.78, 5) is 24.1. The summed E-state index contributed by atoms with van der Waals surface area (Å²) in [5, 5.41) is 10.3. The van der Waals surface area contributed by atoms with Crippen molar-refractivity contribution in [1.82, 2.24) is 0 Å². The quantitative estimate of drug-likeness (QED) is 0.639. The molecule has 0 atom stereocenters. The van der Waals surface area contributed by atoms with Gasteiger partial charge in [0.1, 0.15) is 0 Å². The summed E-state index contributed by atoms with van der Waals surface area (Å²) >= 11 is 0. The molecule has 1 aliphatic rings. The fraction of sp³-hybridized carbons (Fsp3) is 0.286. The van der Waals surface area contributed by atoms with Gasteiger partial charge in [-0.25, -0.2) is 0 Å². The maximum atomic E-state index is 12.1. The Hall–Kier alpha value is -1.74. The van der Waals surface area contributed by atoms with Crippen LogP contribution in [0.15, 0.2) is 36.4 Å². The zero-order chi connectivity index (χ0) is 12.6. The van der Waals surface area contributed by atoms with E-state index < -0.39 is 17.2 Å². The molecular weight excluding hydrogens is 216 g/mol. The highest BCUT2D eigenvalue weighted by molar-refractivity contribution is 6.32. The number of hydrogen-bond acceptors (Lipinski definition) is 3. The molecule has 0 fully saturated rings. The maximum absolute atomic E-state index is 12.1. The molecule has 88 valence electrons. The fourth-order valence-electron chi connectivity index (χ4n) is 2.08. The van der Waals surface area contributed by atoms with E-state index in [0.717, 1.165) is 0 Å². The number of ketones is 2. The lowest BCUT2D eigenvalue weighted by Gasteiger charge is -2.19. The highest BCUT2D eigenvalue weighted by Crippen LogP contribution is 2.34. The SMILES string of the molecule is C=C(CC)CC1(O)C(=O)c2ccccc2C1=O. The van der Waals surface area contributed by atoms with Gasteiger partial charge in [-0.2, -0.15) is 0 Å². The molecule has 1 aromatic carbocycles. The number of fused-ring (bicyclic) bond motifs is 1. The Bertz CT molecular complexity index is 479. The maximum Gasteiger partial charge on any atom is 0.203 e. The van der Waals surface area contributed by atoms with Crippen molar-refractivity contribution in [2.24, 2.45) is 0 Å². The number of carbonyl (C=O) groups is 2. The number of benzene rings is 1. The average Bonchev–Trinajstić information content (AvgIpc) is 2.53. The molecule has 0 aromatic heterocycles.